The molecule has 2 aromatic carbocycles. The predicted molar refractivity (Wildman–Crippen MR) is 108 cm³/mol. The van der Waals surface area contributed by atoms with Crippen molar-refractivity contribution in [3.05, 3.63) is 53.6 Å². The van der Waals surface area contributed by atoms with Gasteiger partial charge < -0.3 is 25.0 Å². The molecular formula is C21H22N2O8. The van der Waals surface area contributed by atoms with Crippen LogP contribution in [0.4, 0.5) is 5.69 Å². The Kier molecular flexibility index (Phi) is 6.42. The van der Waals surface area contributed by atoms with Gasteiger partial charge in [0.1, 0.15) is 17.5 Å². The number of rotatable bonds is 3. The maximum Gasteiger partial charge on any atom is 0.414 e. The summed E-state index contributed by atoms with van der Waals surface area (Å²) in [6.07, 6.45) is 0.849. The molecule has 2 aliphatic rings. The molecule has 2 aromatic rings. The fourth-order valence-corrected chi connectivity index (χ4v) is 3.49. The van der Waals surface area contributed by atoms with Gasteiger partial charge in [-0.2, -0.15) is 0 Å². The van der Waals surface area contributed by atoms with Crippen molar-refractivity contribution < 1.29 is 39.3 Å². The molecule has 3 N–H and O–H groups in total. The molecule has 0 saturated carbocycles. The van der Waals surface area contributed by atoms with Gasteiger partial charge in [0.05, 0.1) is 11.6 Å². The van der Waals surface area contributed by atoms with Gasteiger partial charge in [-0.3, -0.25) is 4.84 Å². The van der Waals surface area contributed by atoms with E-state index in [9.17, 15) is 9.90 Å². The third-order valence-electron chi connectivity index (χ3n) is 4.72. The number of hydroxylamine groups is 1. The third-order valence-corrected chi connectivity index (χ3v) is 4.72. The van der Waals surface area contributed by atoms with Gasteiger partial charge >= 0.3 is 17.9 Å². The highest BCUT2D eigenvalue weighted by atomic mass is 16.7. The Morgan fingerprint density at radius 3 is 2.32 bits per heavy atom. The van der Waals surface area contributed by atoms with Crippen LogP contribution in [0.15, 0.2) is 42.5 Å². The van der Waals surface area contributed by atoms with Crippen LogP contribution >= 0.6 is 0 Å². The normalized spacial score (nSPS) is 18.5. The molecule has 0 aromatic heterocycles. The maximum absolute atomic E-state index is 11.4. The highest BCUT2D eigenvalue weighted by Gasteiger charge is 2.40. The van der Waals surface area contributed by atoms with E-state index in [0.29, 0.717) is 11.4 Å². The molecule has 1 saturated heterocycles. The Labute approximate surface area is 177 Å². The van der Waals surface area contributed by atoms with E-state index in [4.69, 9.17) is 29.4 Å². The number of benzene rings is 2. The monoisotopic (exact) mass is 430 g/mol. The van der Waals surface area contributed by atoms with Crippen LogP contribution in [-0.4, -0.2) is 64.9 Å². The first-order valence-electron chi connectivity index (χ1n) is 9.38. The standard InChI is InChI=1S/C19H20N2O4.C2H2O4/c1-20(2)11-13-10-15-14-5-3-4-6-17(14)24-18-8-7-12(19(22)23)9-16(18)21(15)25-13;3-1(4)2(5)6/h3-9,13,15H,10-11H2,1-2H3,(H,22,23);(H,3,4)(H,5,6)/t13-,15-;/m1./s1. The third kappa shape index (κ3) is 4.93. The molecule has 10 heteroatoms. The molecule has 164 valence electrons. The molecule has 0 aliphatic carbocycles. The lowest BCUT2D eigenvalue weighted by Crippen LogP contribution is -2.27. The van der Waals surface area contributed by atoms with Crippen molar-refractivity contribution in [2.75, 3.05) is 25.7 Å². The molecule has 2 aliphatic heterocycles. The van der Waals surface area contributed by atoms with Gasteiger partial charge in [0.25, 0.3) is 0 Å². The number of aliphatic carboxylic acids is 2. The van der Waals surface area contributed by atoms with E-state index in [1.165, 1.54) is 0 Å². The van der Waals surface area contributed by atoms with E-state index in [1.807, 2.05) is 43.4 Å². The van der Waals surface area contributed by atoms with Crippen LogP contribution in [0.25, 0.3) is 0 Å². The zero-order valence-electron chi connectivity index (χ0n) is 16.9. The Morgan fingerprint density at radius 1 is 1.03 bits per heavy atom. The first kappa shape index (κ1) is 22.1. The van der Waals surface area contributed by atoms with Crippen LogP contribution in [0.2, 0.25) is 0 Å². The fraction of sp³-hybridized carbons (Fsp3) is 0.286. The summed E-state index contributed by atoms with van der Waals surface area (Å²) >= 11 is 0. The largest absolute Gasteiger partial charge is 0.478 e. The molecule has 0 spiro atoms. The first-order chi connectivity index (χ1) is 14.7. The molecule has 4 rings (SSSR count). The molecule has 0 amide bonds. The van der Waals surface area contributed by atoms with Crippen LogP contribution < -0.4 is 9.80 Å². The number of carbonyl (C=O) groups is 3. The van der Waals surface area contributed by atoms with Crippen molar-refractivity contribution in [1.29, 1.82) is 0 Å². The number of hydrogen-bond acceptors (Lipinski definition) is 7. The second-order valence-electron chi connectivity index (χ2n) is 7.30. The smallest absolute Gasteiger partial charge is 0.414 e. The lowest BCUT2D eigenvalue weighted by molar-refractivity contribution is -0.159. The van der Waals surface area contributed by atoms with Gasteiger partial charge in [0.15, 0.2) is 5.75 Å². The second-order valence-corrected chi connectivity index (χ2v) is 7.30. The topological polar surface area (TPSA) is 137 Å². The molecule has 1 fully saturated rings. The Morgan fingerprint density at radius 2 is 1.71 bits per heavy atom. The van der Waals surface area contributed by atoms with Crippen LogP contribution in [0.3, 0.4) is 0 Å². The van der Waals surface area contributed by atoms with Crippen LogP contribution in [0.5, 0.6) is 11.5 Å². The van der Waals surface area contributed by atoms with Gasteiger partial charge in [0, 0.05) is 18.5 Å². The van der Waals surface area contributed by atoms with Gasteiger partial charge in [0.2, 0.25) is 0 Å². The molecule has 2 heterocycles. The van der Waals surface area contributed by atoms with Gasteiger partial charge in [-0.1, -0.05) is 18.2 Å². The number of carboxylic acid groups (broad SMARTS) is 3. The lowest BCUT2D eigenvalue weighted by Gasteiger charge is -2.24. The van der Waals surface area contributed by atoms with E-state index >= 15 is 0 Å². The average Bonchev–Trinajstić information content (AvgIpc) is 3.06. The number of carboxylic acids is 3. The minimum absolute atomic E-state index is 0.00792. The van der Waals surface area contributed by atoms with Crippen LogP contribution in [0, 0.1) is 0 Å². The number of aromatic carboxylic acids is 1. The minimum Gasteiger partial charge on any atom is -0.478 e. The fourth-order valence-electron chi connectivity index (χ4n) is 3.49. The van der Waals surface area contributed by atoms with E-state index in [0.717, 1.165) is 24.3 Å². The molecular weight excluding hydrogens is 408 g/mol. The number of fused-ring (bicyclic) bond motifs is 5. The molecule has 2 atom stereocenters. The van der Waals surface area contributed by atoms with Gasteiger partial charge in [-0.05, 0) is 38.4 Å². The van der Waals surface area contributed by atoms with Crippen molar-refractivity contribution in [2.24, 2.45) is 0 Å². The number of hydrogen-bond donors (Lipinski definition) is 3. The first-order valence-corrected chi connectivity index (χ1v) is 9.38. The summed E-state index contributed by atoms with van der Waals surface area (Å²) in [7, 11) is 4.03. The van der Waals surface area contributed by atoms with Gasteiger partial charge in [-0.15, -0.1) is 0 Å². The summed E-state index contributed by atoms with van der Waals surface area (Å²) in [5.74, 6) is -3.23. The van der Waals surface area contributed by atoms with Gasteiger partial charge in [-0.25, -0.2) is 19.4 Å². The zero-order chi connectivity index (χ0) is 22.7. The van der Waals surface area contributed by atoms with Crippen LogP contribution in [0.1, 0.15) is 28.4 Å². The van der Waals surface area contributed by atoms with Crippen molar-refractivity contribution >= 4 is 23.6 Å². The van der Waals surface area contributed by atoms with Crippen molar-refractivity contribution in [1.82, 2.24) is 4.90 Å². The Hall–Kier alpha value is -3.63. The summed E-state index contributed by atoms with van der Waals surface area (Å²) in [5, 5.41) is 25.9. The van der Waals surface area contributed by atoms with E-state index in [-0.39, 0.29) is 17.7 Å². The molecule has 0 radical (unpaired) electrons. The van der Waals surface area contributed by atoms with Crippen molar-refractivity contribution in [2.45, 2.75) is 18.6 Å². The summed E-state index contributed by atoms with van der Waals surface area (Å²) < 4.78 is 6.06. The lowest BCUT2D eigenvalue weighted by atomic mass is 10.0. The highest BCUT2D eigenvalue weighted by Crippen LogP contribution is 2.49. The predicted octanol–water partition coefficient (Wildman–Crippen LogP) is 2.46. The minimum atomic E-state index is -1.82. The second kappa shape index (κ2) is 9.02. The van der Waals surface area contributed by atoms with E-state index in [1.54, 1.807) is 18.2 Å². The number of ether oxygens (including phenoxy) is 1. The number of anilines is 1. The maximum atomic E-state index is 11.4. The van der Waals surface area contributed by atoms with E-state index in [2.05, 4.69) is 4.90 Å². The van der Waals surface area contributed by atoms with Crippen LogP contribution in [-0.2, 0) is 14.4 Å². The SMILES string of the molecule is CN(C)C[C@H]1C[C@@H]2c3ccccc3Oc3ccc(C(=O)O)cc3N2O1.O=C(O)C(=O)O. The summed E-state index contributed by atoms with van der Waals surface area (Å²) in [6.45, 7) is 0.796. The summed E-state index contributed by atoms with van der Waals surface area (Å²) in [4.78, 5) is 37.9. The van der Waals surface area contributed by atoms with Crippen molar-refractivity contribution in [3.63, 3.8) is 0 Å². The molecule has 10 nitrogen and oxygen atoms in total. The number of likely N-dealkylation sites (N-methyl/N-ethyl adjacent to an activating group) is 1. The highest BCUT2D eigenvalue weighted by molar-refractivity contribution is 6.27. The zero-order valence-corrected chi connectivity index (χ0v) is 16.9. The molecule has 0 bridgehead atoms. The quantitative estimate of drug-likeness (QED) is 0.623. The average molecular weight is 430 g/mol. The van der Waals surface area contributed by atoms with Crippen molar-refractivity contribution in [3.8, 4) is 11.5 Å². The Balaban J connectivity index is 0.000000401. The number of nitrogens with zero attached hydrogens (tertiary/aromatic N) is 2. The van der Waals surface area contributed by atoms with E-state index < -0.39 is 17.9 Å². The Bertz CT molecular complexity index is 995. The molecule has 0 unspecified atom stereocenters. The number of para-hydroxylation sites is 1. The summed E-state index contributed by atoms with van der Waals surface area (Å²) in [6, 6.07) is 12.8. The summed E-state index contributed by atoms with van der Waals surface area (Å²) in [5.41, 5.74) is 1.92. The molecule has 31 heavy (non-hydrogen) atoms.